The van der Waals surface area contributed by atoms with Gasteiger partial charge in [-0.25, -0.2) is 0 Å². The van der Waals surface area contributed by atoms with Crippen LogP contribution < -0.4 is 4.74 Å². The summed E-state index contributed by atoms with van der Waals surface area (Å²) in [6.45, 7) is 2.73. The van der Waals surface area contributed by atoms with E-state index < -0.39 is 0 Å². The zero-order chi connectivity index (χ0) is 19.1. The van der Waals surface area contributed by atoms with Gasteiger partial charge in [0, 0.05) is 29.0 Å². The second kappa shape index (κ2) is 9.24. The highest BCUT2D eigenvalue weighted by atomic mass is 32.2. The van der Waals surface area contributed by atoms with Crippen molar-refractivity contribution >= 4 is 23.6 Å². The van der Waals surface area contributed by atoms with Crippen molar-refractivity contribution in [2.45, 2.75) is 24.1 Å². The van der Waals surface area contributed by atoms with Gasteiger partial charge in [-0.3, -0.25) is 9.48 Å². The van der Waals surface area contributed by atoms with Gasteiger partial charge in [-0.2, -0.15) is 5.10 Å². The molecule has 3 aromatic rings. The molecule has 27 heavy (non-hydrogen) atoms. The molecule has 0 aliphatic rings. The fourth-order valence-corrected chi connectivity index (χ4v) is 3.50. The van der Waals surface area contributed by atoms with Crippen molar-refractivity contribution in [2.75, 3.05) is 7.11 Å². The fraction of sp³-hybridized carbons (Fsp3) is 0.182. The number of hydrogen-bond donors (Lipinski definition) is 0. The lowest BCUT2D eigenvalue weighted by molar-refractivity contribution is 0.104. The summed E-state index contributed by atoms with van der Waals surface area (Å²) in [7, 11) is 1.67. The number of hydrogen-bond acceptors (Lipinski definition) is 4. The molecule has 0 unspecified atom stereocenters. The lowest BCUT2D eigenvalue weighted by atomic mass is 10.1. The highest BCUT2D eigenvalue weighted by Crippen LogP contribution is 2.29. The molecule has 0 amide bonds. The summed E-state index contributed by atoms with van der Waals surface area (Å²) < 4.78 is 7.28. The first-order valence-corrected chi connectivity index (χ1v) is 9.77. The molecule has 4 nitrogen and oxygen atoms in total. The summed E-state index contributed by atoms with van der Waals surface area (Å²) >= 11 is 1.77. The van der Waals surface area contributed by atoms with Crippen LogP contribution in [-0.4, -0.2) is 22.7 Å². The molecule has 0 radical (unpaired) electrons. The molecular formula is C22H22N2O2S. The van der Waals surface area contributed by atoms with E-state index in [0.29, 0.717) is 5.56 Å². The maximum atomic E-state index is 12.3. The Hall–Kier alpha value is -2.79. The smallest absolute Gasteiger partial charge is 0.189 e. The third-order valence-corrected chi connectivity index (χ3v) is 5.18. The van der Waals surface area contributed by atoms with Crippen LogP contribution in [0, 0.1) is 0 Å². The lowest BCUT2D eigenvalue weighted by Crippen LogP contribution is -1.95. The molecular weight excluding hydrogens is 356 g/mol. The predicted molar refractivity (Wildman–Crippen MR) is 110 cm³/mol. The number of carbonyl (C=O) groups excluding carboxylic acids is 1. The number of ketones is 1. The molecule has 1 heterocycles. The van der Waals surface area contributed by atoms with Gasteiger partial charge in [0.15, 0.2) is 5.78 Å². The van der Waals surface area contributed by atoms with Crippen LogP contribution in [-0.2, 0) is 12.3 Å². The Morgan fingerprint density at radius 2 is 2.04 bits per heavy atom. The minimum atomic E-state index is -0.0580. The number of carbonyl (C=O) groups is 1. The van der Waals surface area contributed by atoms with Crippen molar-refractivity contribution < 1.29 is 9.53 Å². The number of ether oxygens (including phenoxy) is 1. The molecule has 0 spiro atoms. The van der Waals surface area contributed by atoms with Crippen molar-refractivity contribution in [3.63, 3.8) is 0 Å². The van der Waals surface area contributed by atoms with Crippen molar-refractivity contribution in [1.82, 2.24) is 9.78 Å². The van der Waals surface area contributed by atoms with E-state index in [2.05, 4.69) is 17.2 Å². The average Bonchev–Trinajstić information content (AvgIpc) is 3.21. The molecule has 0 N–H and O–H groups in total. The van der Waals surface area contributed by atoms with E-state index in [1.165, 1.54) is 4.90 Å². The number of methoxy groups -OCH3 is 1. The van der Waals surface area contributed by atoms with E-state index in [0.717, 1.165) is 29.2 Å². The van der Waals surface area contributed by atoms with Crippen LogP contribution in [0.4, 0.5) is 0 Å². The number of nitrogens with zero attached hydrogens (tertiary/aromatic N) is 2. The zero-order valence-corrected chi connectivity index (χ0v) is 16.3. The van der Waals surface area contributed by atoms with Gasteiger partial charge in [-0.1, -0.05) is 36.4 Å². The van der Waals surface area contributed by atoms with Crippen LogP contribution in [0.1, 0.15) is 28.4 Å². The Labute approximate surface area is 163 Å². The second-order valence-electron chi connectivity index (χ2n) is 5.96. The Morgan fingerprint density at radius 3 is 2.74 bits per heavy atom. The summed E-state index contributed by atoms with van der Waals surface area (Å²) in [5.74, 6) is 1.59. The molecule has 2 aromatic carbocycles. The van der Waals surface area contributed by atoms with E-state index in [4.69, 9.17) is 4.74 Å². The van der Waals surface area contributed by atoms with Crippen LogP contribution in [0.5, 0.6) is 5.75 Å². The van der Waals surface area contributed by atoms with Gasteiger partial charge in [-0.05, 0) is 36.8 Å². The van der Waals surface area contributed by atoms with Crippen molar-refractivity contribution in [3.05, 3.63) is 83.7 Å². The molecule has 138 valence electrons. The zero-order valence-electron chi connectivity index (χ0n) is 15.5. The third kappa shape index (κ3) is 5.11. The number of allylic oxidation sites excluding steroid dienone is 1. The first kappa shape index (κ1) is 19.0. The van der Waals surface area contributed by atoms with Crippen LogP contribution in [0.25, 0.3) is 6.08 Å². The van der Waals surface area contributed by atoms with Gasteiger partial charge < -0.3 is 4.74 Å². The maximum absolute atomic E-state index is 12.3. The van der Waals surface area contributed by atoms with E-state index in [-0.39, 0.29) is 5.78 Å². The van der Waals surface area contributed by atoms with Gasteiger partial charge >= 0.3 is 0 Å². The molecule has 0 bridgehead atoms. The number of thioether (sulfide) groups is 1. The number of aryl methyl sites for hydroxylation is 1. The summed E-state index contributed by atoms with van der Waals surface area (Å²) in [6.07, 6.45) is 6.74. The van der Waals surface area contributed by atoms with Crippen LogP contribution >= 0.6 is 11.8 Å². The molecule has 0 atom stereocenters. The monoisotopic (exact) mass is 378 g/mol. The minimum Gasteiger partial charge on any atom is -0.496 e. The Kier molecular flexibility index (Phi) is 6.49. The van der Waals surface area contributed by atoms with Gasteiger partial charge in [0.05, 0.1) is 18.9 Å². The molecule has 1 aromatic heterocycles. The van der Waals surface area contributed by atoms with Gasteiger partial charge in [0.25, 0.3) is 0 Å². The molecule has 0 saturated carbocycles. The maximum Gasteiger partial charge on any atom is 0.189 e. The standard InChI is InChI=1S/C22H22N2O2S/c1-3-24-15-19(14-23-24)21(25)12-10-17-9-11-18(22(13-17)26-2)16-27-20-7-5-4-6-8-20/h4-15H,3,16H2,1-2H3/b12-10+. The molecule has 3 rings (SSSR count). The van der Waals surface area contributed by atoms with Gasteiger partial charge in [-0.15, -0.1) is 11.8 Å². The van der Waals surface area contributed by atoms with E-state index in [1.54, 1.807) is 42.0 Å². The van der Waals surface area contributed by atoms with E-state index in [1.807, 2.05) is 49.4 Å². The molecule has 0 aliphatic carbocycles. The topological polar surface area (TPSA) is 44.1 Å². The minimum absolute atomic E-state index is 0.0580. The number of aromatic nitrogens is 2. The quantitative estimate of drug-likeness (QED) is 0.311. The normalized spacial score (nSPS) is 11.0. The Balaban J connectivity index is 1.68. The summed E-state index contributed by atoms with van der Waals surface area (Å²) in [4.78, 5) is 13.5. The van der Waals surface area contributed by atoms with Gasteiger partial charge in [0.1, 0.15) is 5.75 Å². The molecule has 5 heteroatoms. The van der Waals surface area contributed by atoms with E-state index in [9.17, 15) is 4.79 Å². The van der Waals surface area contributed by atoms with E-state index >= 15 is 0 Å². The average molecular weight is 378 g/mol. The van der Waals surface area contributed by atoms with Crippen molar-refractivity contribution in [3.8, 4) is 5.75 Å². The van der Waals surface area contributed by atoms with Crippen molar-refractivity contribution in [2.24, 2.45) is 0 Å². The molecule has 0 aliphatic heterocycles. The van der Waals surface area contributed by atoms with Crippen LogP contribution in [0.2, 0.25) is 0 Å². The van der Waals surface area contributed by atoms with Crippen molar-refractivity contribution in [1.29, 1.82) is 0 Å². The molecule has 0 fully saturated rings. The fourth-order valence-electron chi connectivity index (χ4n) is 2.59. The predicted octanol–water partition coefficient (Wildman–Crippen LogP) is 5.10. The summed E-state index contributed by atoms with van der Waals surface area (Å²) in [5.41, 5.74) is 2.64. The lowest BCUT2D eigenvalue weighted by Gasteiger charge is -2.09. The largest absolute Gasteiger partial charge is 0.496 e. The molecule has 0 saturated heterocycles. The first-order valence-electron chi connectivity index (χ1n) is 8.79. The third-order valence-electron chi connectivity index (χ3n) is 4.12. The number of benzene rings is 2. The first-order chi connectivity index (χ1) is 13.2. The summed E-state index contributed by atoms with van der Waals surface area (Å²) in [6, 6.07) is 16.3. The Morgan fingerprint density at radius 1 is 1.22 bits per heavy atom. The van der Waals surface area contributed by atoms with Crippen LogP contribution in [0.15, 0.2) is 71.9 Å². The van der Waals surface area contributed by atoms with Crippen LogP contribution in [0.3, 0.4) is 0 Å². The van der Waals surface area contributed by atoms with Gasteiger partial charge in [0.2, 0.25) is 0 Å². The SMILES string of the molecule is CCn1cc(C(=O)/C=C/c2ccc(CSc3ccccc3)c(OC)c2)cn1. The second-order valence-corrected chi connectivity index (χ2v) is 7.00. The number of rotatable bonds is 8. The highest BCUT2D eigenvalue weighted by molar-refractivity contribution is 7.98. The Bertz CT molecular complexity index is 932. The summed E-state index contributed by atoms with van der Waals surface area (Å²) in [5, 5.41) is 4.13. The highest BCUT2D eigenvalue weighted by Gasteiger charge is 2.07.